The second-order valence-electron chi connectivity index (χ2n) is 8.18. The van der Waals surface area contributed by atoms with Gasteiger partial charge in [0.15, 0.2) is 0 Å². The van der Waals surface area contributed by atoms with E-state index in [0.29, 0.717) is 34.0 Å². The molecule has 8 heteroatoms. The van der Waals surface area contributed by atoms with Crippen LogP contribution < -0.4 is 4.90 Å². The van der Waals surface area contributed by atoms with Gasteiger partial charge in [-0.2, -0.15) is 0 Å². The first-order chi connectivity index (χ1) is 17.9. The number of amides is 1. The van der Waals surface area contributed by atoms with E-state index in [1.165, 1.54) is 24.1 Å². The molecule has 37 heavy (non-hydrogen) atoms. The number of carbonyl (C=O) groups is 2. The Morgan fingerprint density at radius 2 is 1.70 bits per heavy atom. The zero-order chi connectivity index (χ0) is 25.9. The Hall–Kier alpha value is -5.24. The average molecular weight is 492 g/mol. The second-order valence-corrected chi connectivity index (χ2v) is 8.18. The summed E-state index contributed by atoms with van der Waals surface area (Å²) in [4.78, 5) is 37.5. The van der Waals surface area contributed by atoms with E-state index in [-0.39, 0.29) is 11.6 Å². The van der Waals surface area contributed by atoms with Crippen molar-refractivity contribution in [3.8, 4) is 11.3 Å². The van der Waals surface area contributed by atoms with Gasteiger partial charge < -0.3 is 9.15 Å². The molecule has 0 radical (unpaired) electrons. The number of methoxy groups -OCH3 is 1. The van der Waals surface area contributed by atoms with Gasteiger partial charge >= 0.3 is 5.97 Å². The maximum absolute atomic E-state index is 13.5. The van der Waals surface area contributed by atoms with Crippen molar-refractivity contribution < 1.29 is 23.7 Å². The first-order valence-electron chi connectivity index (χ1n) is 11.3. The van der Waals surface area contributed by atoms with Crippen LogP contribution in [0.2, 0.25) is 0 Å². The third-order valence-corrected chi connectivity index (χ3v) is 5.87. The molecule has 0 N–H and O–H groups in total. The number of anilines is 1. The number of ether oxygens (including phenoxy) is 1. The summed E-state index contributed by atoms with van der Waals surface area (Å²) in [5, 5.41) is 11.3. The molecule has 2 heterocycles. The van der Waals surface area contributed by atoms with E-state index in [4.69, 9.17) is 9.15 Å². The van der Waals surface area contributed by atoms with Crippen molar-refractivity contribution in [2.24, 2.45) is 0 Å². The van der Waals surface area contributed by atoms with Crippen LogP contribution in [0.15, 0.2) is 107 Å². The molecule has 3 aromatic carbocycles. The quantitative estimate of drug-likeness (QED) is 0.139. The molecular formula is C29H20N2O6. The molecule has 0 bridgehead atoms. The summed E-state index contributed by atoms with van der Waals surface area (Å²) in [5.74, 6) is 0.265. The topological polar surface area (TPSA) is 103 Å². The van der Waals surface area contributed by atoms with E-state index in [1.807, 2.05) is 30.3 Å². The van der Waals surface area contributed by atoms with E-state index < -0.39 is 10.9 Å². The Morgan fingerprint density at radius 3 is 2.41 bits per heavy atom. The molecule has 0 saturated heterocycles. The highest BCUT2D eigenvalue weighted by molar-refractivity contribution is 6.23. The van der Waals surface area contributed by atoms with E-state index in [0.717, 1.165) is 11.1 Å². The van der Waals surface area contributed by atoms with Crippen LogP contribution in [0, 0.1) is 10.1 Å². The number of nitrogens with zero attached hydrogens (tertiary/aromatic N) is 2. The van der Waals surface area contributed by atoms with Gasteiger partial charge in [0.25, 0.3) is 11.6 Å². The minimum Gasteiger partial charge on any atom is -0.465 e. The van der Waals surface area contributed by atoms with Gasteiger partial charge in [0.1, 0.15) is 11.5 Å². The molecule has 8 nitrogen and oxygen atoms in total. The van der Waals surface area contributed by atoms with Crippen LogP contribution in [0.1, 0.15) is 21.7 Å². The highest BCUT2D eigenvalue weighted by Gasteiger charge is 2.31. The van der Waals surface area contributed by atoms with Crippen molar-refractivity contribution in [1.29, 1.82) is 0 Å². The lowest BCUT2D eigenvalue weighted by Crippen LogP contribution is -2.25. The Kier molecular flexibility index (Phi) is 6.22. The van der Waals surface area contributed by atoms with Crippen LogP contribution in [0.4, 0.5) is 11.4 Å². The molecule has 1 amide bonds. The average Bonchev–Trinajstić information content (AvgIpc) is 3.53. The summed E-state index contributed by atoms with van der Waals surface area (Å²) < 4.78 is 10.7. The minimum absolute atomic E-state index is 0.107. The Balaban J connectivity index is 1.50. The first-order valence-corrected chi connectivity index (χ1v) is 11.3. The fourth-order valence-corrected chi connectivity index (χ4v) is 4.07. The molecule has 182 valence electrons. The predicted octanol–water partition coefficient (Wildman–Crippen LogP) is 6.11. The van der Waals surface area contributed by atoms with Gasteiger partial charge in [0.2, 0.25) is 0 Å². The molecule has 5 rings (SSSR count). The zero-order valence-corrected chi connectivity index (χ0v) is 19.7. The van der Waals surface area contributed by atoms with Crippen LogP contribution in [0.25, 0.3) is 23.1 Å². The van der Waals surface area contributed by atoms with Crippen molar-refractivity contribution in [2.45, 2.75) is 0 Å². The summed E-state index contributed by atoms with van der Waals surface area (Å²) in [6.07, 6.45) is 3.37. The minimum atomic E-state index is -0.491. The van der Waals surface area contributed by atoms with E-state index in [1.54, 1.807) is 60.7 Å². The standard InChI is InChI=1S/C29H20N2O6/c1-36-29(33)21-12-10-20(11-13-21)27-15-14-25(37-27)16-22-17-26(19-6-3-2-4-7-19)30(28(22)32)23-8-5-9-24(18-23)31(34)35/h2-18H,1H3/b22-16+. The zero-order valence-electron chi connectivity index (χ0n) is 19.7. The van der Waals surface area contributed by atoms with Crippen LogP contribution in [0.5, 0.6) is 0 Å². The van der Waals surface area contributed by atoms with Crippen molar-refractivity contribution in [2.75, 3.05) is 12.0 Å². The highest BCUT2D eigenvalue weighted by Crippen LogP contribution is 2.36. The molecule has 0 fully saturated rings. The molecule has 0 aliphatic carbocycles. The summed E-state index contributed by atoms with van der Waals surface area (Å²) in [7, 11) is 1.32. The smallest absolute Gasteiger partial charge is 0.337 e. The highest BCUT2D eigenvalue weighted by atomic mass is 16.6. The van der Waals surface area contributed by atoms with Gasteiger partial charge in [-0.3, -0.25) is 19.8 Å². The Bertz CT molecular complexity index is 1570. The van der Waals surface area contributed by atoms with Gasteiger partial charge in [0, 0.05) is 23.3 Å². The molecule has 1 aliphatic heterocycles. The van der Waals surface area contributed by atoms with Crippen LogP contribution in [0.3, 0.4) is 0 Å². The fraction of sp³-hybridized carbons (Fsp3) is 0.0345. The van der Waals surface area contributed by atoms with E-state index in [2.05, 4.69) is 0 Å². The van der Waals surface area contributed by atoms with Gasteiger partial charge in [-0.05, 0) is 48.0 Å². The maximum Gasteiger partial charge on any atom is 0.337 e. The first kappa shape index (κ1) is 23.5. The van der Waals surface area contributed by atoms with Crippen LogP contribution in [-0.4, -0.2) is 23.9 Å². The predicted molar refractivity (Wildman–Crippen MR) is 138 cm³/mol. The SMILES string of the molecule is COC(=O)c1ccc(-c2ccc(/C=C3\C=C(c4ccccc4)N(c4cccc([N+](=O)[O-])c4)C3=O)o2)cc1. The number of nitro benzene ring substituents is 1. The third kappa shape index (κ3) is 4.68. The van der Waals surface area contributed by atoms with Gasteiger partial charge in [-0.1, -0.05) is 48.5 Å². The number of furan rings is 1. The van der Waals surface area contributed by atoms with E-state index in [9.17, 15) is 19.7 Å². The molecule has 0 saturated carbocycles. The lowest BCUT2D eigenvalue weighted by Gasteiger charge is -2.20. The molecule has 1 aliphatic rings. The number of rotatable bonds is 6. The number of carbonyl (C=O) groups excluding carboxylic acids is 2. The number of non-ortho nitro benzene ring substituents is 1. The maximum atomic E-state index is 13.5. The summed E-state index contributed by atoms with van der Waals surface area (Å²) in [5.41, 5.74) is 3.23. The number of hydrogen-bond donors (Lipinski definition) is 0. The molecule has 4 aromatic rings. The molecule has 0 atom stereocenters. The molecule has 0 spiro atoms. The number of esters is 1. The van der Waals surface area contributed by atoms with Crippen LogP contribution in [-0.2, 0) is 9.53 Å². The number of benzene rings is 3. The summed E-state index contributed by atoms with van der Waals surface area (Å²) in [6.45, 7) is 0. The molecular weight excluding hydrogens is 472 g/mol. The molecule has 0 unspecified atom stereocenters. The lowest BCUT2D eigenvalue weighted by molar-refractivity contribution is -0.384. The number of nitro groups is 1. The van der Waals surface area contributed by atoms with Crippen LogP contribution >= 0.6 is 0 Å². The number of hydrogen-bond acceptors (Lipinski definition) is 6. The monoisotopic (exact) mass is 492 g/mol. The van der Waals surface area contributed by atoms with Crippen molar-refractivity contribution in [1.82, 2.24) is 0 Å². The largest absolute Gasteiger partial charge is 0.465 e. The van der Waals surface area contributed by atoms with Gasteiger partial charge in [0.05, 0.1) is 29.0 Å². The van der Waals surface area contributed by atoms with Crippen molar-refractivity contribution in [3.05, 3.63) is 130 Å². The summed E-state index contributed by atoms with van der Waals surface area (Å²) >= 11 is 0. The normalized spacial score (nSPS) is 14.1. The third-order valence-electron chi connectivity index (χ3n) is 5.87. The molecule has 1 aromatic heterocycles. The second kappa shape index (κ2) is 9.79. The van der Waals surface area contributed by atoms with Gasteiger partial charge in [-0.25, -0.2) is 4.79 Å². The lowest BCUT2D eigenvalue weighted by atomic mass is 10.1. The fourth-order valence-electron chi connectivity index (χ4n) is 4.07. The van der Waals surface area contributed by atoms with Crippen molar-refractivity contribution >= 4 is 35.0 Å². The Labute approximate surface area is 211 Å². The Morgan fingerprint density at radius 1 is 0.946 bits per heavy atom. The van der Waals surface area contributed by atoms with E-state index >= 15 is 0 Å². The summed E-state index contributed by atoms with van der Waals surface area (Å²) in [6, 6.07) is 25.6. The van der Waals surface area contributed by atoms with Crippen molar-refractivity contribution in [3.63, 3.8) is 0 Å². The van der Waals surface area contributed by atoms with Gasteiger partial charge in [-0.15, -0.1) is 0 Å².